The highest BCUT2D eigenvalue weighted by molar-refractivity contribution is 6.30. The van der Waals surface area contributed by atoms with Crippen molar-refractivity contribution >= 4 is 17.5 Å². The van der Waals surface area contributed by atoms with Crippen molar-refractivity contribution in [2.24, 2.45) is 0 Å². The van der Waals surface area contributed by atoms with Crippen LogP contribution >= 0.6 is 11.6 Å². The first-order valence-corrected chi connectivity index (χ1v) is 8.72. The van der Waals surface area contributed by atoms with Crippen LogP contribution in [0.5, 0.6) is 5.75 Å². The van der Waals surface area contributed by atoms with E-state index in [1.54, 1.807) is 24.3 Å². The summed E-state index contributed by atoms with van der Waals surface area (Å²) in [6.07, 6.45) is 1.05. The molecule has 0 heterocycles. The monoisotopic (exact) mass is 345 g/mol. The number of amides is 1. The number of carbonyl (C=O) groups is 1. The first-order chi connectivity index (χ1) is 11.5. The fourth-order valence-corrected chi connectivity index (χ4v) is 2.64. The first kappa shape index (κ1) is 18.3. The minimum Gasteiger partial charge on any atom is -0.481 e. The van der Waals surface area contributed by atoms with E-state index >= 15 is 0 Å². The van der Waals surface area contributed by atoms with Crippen LogP contribution in [-0.2, 0) is 11.2 Å². The Morgan fingerprint density at radius 3 is 2.46 bits per heavy atom. The Kier molecular flexibility index (Phi) is 6.68. The zero-order chi connectivity index (χ0) is 17.5. The minimum absolute atomic E-state index is 0.0691. The minimum atomic E-state index is -0.541. The van der Waals surface area contributed by atoms with Gasteiger partial charge in [-0.15, -0.1) is 0 Å². The van der Waals surface area contributed by atoms with Crippen LogP contribution in [0.15, 0.2) is 48.5 Å². The summed E-state index contributed by atoms with van der Waals surface area (Å²) in [5, 5.41) is 3.61. The number of nitrogens with one attached hydrogen (secondary N) is 1. The molecule has 1 amide bonds. The summed E-state index contributed by atoms with van der Waals surface area (Å²) in [6.45, 7) is 6.03. The molecule has 0 unspecified atom stereocenters. The summed E-state index contributed by atoms with van der Waals surface area (Å²) < 4.78 is 5.78. The average molecular weight is 346 g/mol. The van der Waals surface area contributed by atoms with Gasteiger partial charge in [0.1, 0.15) is 5.75 Å². The van der Waals surface area contributed by atoms with Crippen molar-refractivity contribution in [1.29, 1.82) is 0 Å². The Balaban J connectivity index is 1.99. The van der Waals surface area contributed by atoms with Crippen LogP contribution in [0.25, 0.3) is 0 Å². The Morgan fingerprint density at radius 2 is 1.88 bits per heavy atom. The number of ether oxygens (including phenoxy) is 1. The van der Waals surface area contributed by atoms with E-state index in [9.17, 15) is 4.79 Å². The van der Waals surface area contributed by atoms with Gasteiger partial charge >= 0.3 is 0 Å². The molecular formula is C20H24ClNO2. The van der Waals surface area contributed by atoms with Gasteiger partial charge in [0.25, 0.3) is 5.91 Å². The first-order valence-electron chi connectivity index (χ1n) is 8.35. The molecule has 0 aliphatic rings. The fourth-order valence-electron chi connectivity index (χ4n) is 2.46. The summed E-state index contributed by atoms with van der Waals surface area (Å²) in [5.41, 5.74) is 2.37. The van der Waals surface area contributed by atoms with E-state index in [1.165, 1.54) is 5.56 Å². The third kappa shape index (κ3) is 5.00. The Labute approximate surface area is 149 Å². The maximum Gasteiger partial charge on any atom is 0.261 e. The summed E-state index contributed by atoms with van der Waals surface area (Å²) in [6, 6.07) is 15.3. The number of rotatable bonds is 7. The van der Waals surface area contributed by atoms with Gasteiger partial charge in [-0.05, 0) is 49.1 Å². The molecule has 0 bridgehead atoms. The number of halogens is 1. The van der Waals surface area contributed by atoms with E-state index in [0.717, 1.165) is 12.0 Å². The lowest BCUT2D eigenvalue weighted by Crippen LogP contribution is -2.39. The number of aryl methyl sites for hydroxylation is 1. The van der Waals surface area contributed by atoms with Crippen LogP contribution in [0.4, 0.5) is 0 Å². The number of hydrogen-bond donors (Lipinski definition) is 1. The van der Waals surface area contributed by atoms with Crippen LogP contribution in [0, 0.1) is 0 Å². The second kappa shape index (κ2) is 8.74. The van der Waals surface area contributed by atoms with Crippen molar-refractivity contribution in [2.75, 3.05) is 0 Å². The van der Waals surface area contributed by atoms with Crippen LogP contribution < -0.4 is 10.1 Å². The zero-order valence-electron chi connectivity index (χ0n) is 14.4. The molecule has 0 aliphatic carbocycles. The fraction of sp³-hybridized carbons (Fsp3) is 0.350. The second-order valence-electron chi connectivity index (χ2n) is 5.80. The highest BCUT2D eigenvalue weighted by atomic mass is 35.5. The molecule has 0 aliphatic heterocycles. The van der Waals surface area contributed by atoms with E-state index in [4.69, 9.17) is 16.3 Å². The molecule has 0 saturated heterocycles. The molecule has 2 aromatic rings. The van der Waals surface area contributed by atoms with Crippen molar-refractivity contribution < 1.29 is 9.53 Å². The molecule has 24 heavy (non-hydrogen) atoms. The molecule has 0 radical (unpaired) electrons. The molecule has 4 heteroatoms. The van der Waals surface area contributed by atoms with Crippen molar-refractivity contribution in [3.63, 3.8) is 0 Å². The Morgan fingerprint density at radius 1 is 1.17 bits per heavy atom. The van der Waals surface area contributed by atoms with Crippen molar-refractivity contribution in [3.05, 3.63) is 64.7 Å². The van der Waals surface area contributed by atoms with Crippen LogP contribution in [-0.4, -0.2) is 12.0 Å². The Bertz CT molecular complexity index is 670. The normalized spacial score (nSPS) is 13.2. The standard InChI is InChI=1S/C20H24ClNO2/c1-4-15-9-11-16(12-10-15)14(3)22-20(23)19(5-2)24-18-8-6-7-17(21)13-18/h6-14,19H,4-5H2,1-3H3,(H,22,23)/t14-,19+/m0/s1. The molecule has 0 fully saturated rings. The quantitative estimate of drug-likeness (QED) is 0.772. The summed E-state index contributed by atoms with van der Waals surface area (Å²) >= 11 is 5.96. The smallest absolute Gasteiger partial charge is 0.261 e. The van der Waals surface area contributed by atoms with Crippen LogP contribution in [0.3, 0.4) is 0 Å². The third-order valence-electron chi connectivity index (χ3n) is 3.98. The molecule has 0 aromatic heterocycles. The Hall–Kier alpha value is -2.00. The molecule has 0 spiro atoms. The van der Waals surface area contributed by atoms with Crippen LogP contribution in [0.2, 0.25) is 5.02 Å². The topological polar surface area (TPSA) is 38.3 Å². The lowest BCUT2D eigenvalue weighted by molar-refractivity contribution is -0.128. The number of carbonyl (C=O) groups excluding carboxylic acids is 1. The zero-order valence-corrected chi connectivity index (χ0v) is 15.1. The van der Waals surface area contributed by atoms with Gasteiger partial charge in [-0.3, -0.25) is 4.79 Å². The molecule has 2 atom stereocenters. The molecule has 0 saturated carbocycles. The molecule has 2 aromatic carbocycles. The predicted octanol–water partition coefficient (Wildman–Crippen LogP) is 4.94. The maximum absolute atomic E-state index is 12.5. The van der Waals surface area contributed by atoms with Gasteiger partial charge < -0.3 is 10.1 Å². The maximum atomic E-state index is 12.5. The van der Waals surface area contributed by atoms with Gasteiger partial charge in [0.05, 0.1) is 6.04 Å². The van der Waals surface area contributed by atoms with Gasteiger partial charge in [-0.1, -0.05) is 55.8 Å². The summed E-state index contributed by atoms with van der Waals surface area (Å²) in [7, 11) is 0. The van der Waals surface area contributed by atoms with Gasteiger partial charge in [-0.25, -0.2) is 0 Å². The lowest BCUT2D eigenvalue weighted by atomic mass is 10.0. The molecular weight excluding hydrogens is 322 g/mol. The molecule has 1 N–H and O–H groups in total. The van der Waals surface area contributed by atoms with Gasteiger partial charge in [0.2, 0.25) is 0 Å². The second-order valence-corrected chi connectivity index (χ2v) is 6.23. The average Bonchev–Trinajstić information content (AvgIpc) is 2.59. The molecule has 2 rings (SSSR count). The van der Waals surface area contributed by atoms with Gasteiger partial charge in [0.15, 0.2) is 6.10 Å². The lowest BCUT2D eigenvalue weighted by Gasteiger charge is -2.21. The molecule has 128 valence electrons. The van der Waals surface area contributed by atoms with E-state index in [1.807, 2.05) is 13.8 Å². The van der Waals surface area contributed by atoms with Gasteiger partial charge in [0, 0.05) is 5.02 Å². The summed E-state index contributed by atoms with van der Waals surface area (Å²) in [4.78, 5) is 12.5. The van der Waals surface area contributed by atoms with E-state index in [0.29, 0.717) is 17.2 Å². The third-order valence-corrected chi connectivity index (χ3v) is 4.22. The predicted molar refractivity (Wildman–Crippen MR) is 98.5 cm³/mol. The number of hydrogen-bond acceptors (Lipinski definition) is 2. The molecule has 3 nitrogen and oxygen atoms in total. The summed E-state index contributed by atoms with van der Waals surface area (Å²) in [5.74, 6) is 0.481. The van der Waals surface area contributed by atoms with Gasteiger partial charge in [-0.2, -0.15) is 0 Å². The van der Waals surface area contributed by atoms with Crippen molar-refractivity contribution in [3.8, 4) is 5.75 Å². The largest absolute Gasteiger partial charge is 0.481 e. The van der Waals surface area contributed by atoms with E-state index in [-0.39, 0.29) is 11.9 Å². The SMILES string of the molecule is CCc1ccc([C@H](C)NC(=O)[C@@H](CC)Oc2cccc(Cl)c2)cc1. The highest BCUT2D eigenvalue weighted by Crippen LogP contribution is 2.20. The highest BCUT2D eigenvalue weighted by Gasteiger charge is 2.20. The van der Waals surface area contributed by atoms with Crippen molar-refractivity contribution in [1.82, 2.24) is 5.32 Å². The van der Waals surface area contributed by atoms with E-state index < -0.39 is 6.10 Å². The van der Waals surface area contributed by atoms with Crippen molar-refractivity contribution in [2.45, 2.75) is 45.8 Å². The number of benzene rings is 2. The van der Waals surface area contributed by atoms with E-state index in [2.05, 4.69) is 36.5 Å². The van der Waals surface area contributed by atoms with Crippen LogP contribution in [0.1, 0.15) is 44.4 Å².